The monoisotopic (exact) mass is 289 g/mol. The molecule has 21 heavy (non-hydrogen) atoms. The molecule has 0 spiro atoms. The van der Waals surface area contributed by atoms with Crippen LogP contribution >= 0.6 is 0 Å². The van der Waals surface area contributed by atoms with Crippen molar-refractivity contribution >= 4 is 16.9 Å². The van der Waals surface area contributed by atoms with Gasteiger partial charge in [0.15, 0.2) is 0 Å². The van der Waals surface area contributed by atoms with Gasteiger partial charge >= 0.3 is 0 Å². The average Bonchev–Trinajstić information content (AvgIpc) is 2.75. The lowest BCUT2D eigenvalue weighted by molar-refractivity contribution is -0.131. The number of hydrogen-bond donors (Lipinski definition) is 1. The van der Waals surface area contributed by atoms with Crippen LogP contribution in [0.3, 0.4) is 0 Å². The Kier molecular flexibility index (Phi) is 4.10. The van der Waals surface area contributed by atoms with Crippen molar-refractivity contribution in [2.45, 2.75) is 39.7 Å². The molecule has 0 bridgehead atoms. The predicted molar refractivity (Wildman–Crippen MR) is 83.3 cm³/mol. The Bertz CT molecular complexity index is 664. The fraction of sp³-hybridized carbons (Fsp3) is 0.471. The van der Waals surface area contributed by atoms with Crippen LogP contribution in [-0.2, 0) is 11.2 Å². The van der Waals surface area contributed by atoms with Crippen molar-refractivity contribution in [3.8, 4) is 0 Å². The highest BCUT2D eigenvalue weighted by atomic mass is 16.3. The molecule has 1 heterocycles. The highest BCUT2D eigenvalue weighted by Crippen LogP contribution is 2.27. The van der Waals surface area contributed by atoms with Crippen molar-refractivity contribution in [2.75, 3.05) is 13.6 Å². The number of carbonyl (C=O) groups is 1. The Balaban J connectivity index is 2.21. The summed E-state index contributed by atoms with van der Waals surface area (Å²) in [5.74, 6) is -0.0296. The van der Waals surface area contributed by atoms with Gasteiger partial charge in [0.1, 0.15) is 5.58 Å². The van der Waals surface area contributed by atoms with Crippen molar-refractivity contribution in [3.63, 3.8) is 0 Å². The third-order valence-corrected chi connectivity index (χ3v) is 3.73. The fourth-order valence-electron chi connectivity index (χ4n) is 2.49. The summed E-state index contributed by atoms with van der Waals surface area (Å²) < 4.78 is 5.62. The standard InChI is InChI=1S/C17H23NO3/c1-11-6-7-14-13(9-21-16(14)12(11)2)8-15(19)18(5)10-17(3,4)20/h6-7,9,20H,8,10H2,1-5H3. The smallest absolute Gasteiger partial charge is 0.226 e. The minimum atomic E-state index is -0.892. The number of benzene rings is 1. The lowest BCUT2D eigenvalue weighted by Crippen LogP contribution is -2.40. The summed E-state index contributed by atoms with van der Waals surface area (Å²) in [4.78, 5) is 13.8. The number of hydrogen-bond acceptors (Lipinski definition) is 3. The Hall–Kier alpha value is -1.81. The number of likely N-dealkylation sites (N-methyl/N-ethyl adjacent to an activating group) is 1. The van der Waals surface area contributed by atoms with Gasteiger partial charge in [0, 0.05) is 24.5 Å². The van der Waals surface area contributed by atoms with Gasteiger partial charge in [-0.15, -0.1) is 0 Å². The summed E-state index contributed by atoms with van der Waals surface area (Å²) in [6.45, 7) is 7.75. The van der Waals surface area contributed by atoms with Crippen LogP contribution in [0.15, 0.2) is 22.8 Å². The zero-order chi connectivity index (χ0) is 15.8. The number of fused-ring (bicyclic) bond motifs is 1. The van der Waals surface area contributed by atoms with Crippen molar-refractivity contribution < 1.29 is 14.3 Å². The molecule has 1 N–H and O–H groups in total. The van der Waals surface area contributed by atoms with Crippen molar-refractivity contribution in [1.82, 2.24) is 4.90 Å². The molecular weight excluding hydrogens is 266 g/mol. The Morgan fingerprint density at radius 2 is 2.00 bits per heavy atom. The van der Waals surface area contributed by atoms with Crippen molar-refractivity contribution in [3.05, 3.63) is 35.1 Å². The zero-order valence-corrected chi connectivity index (χ0v) is 13.4. The first-order chi connectivity index (χ1) is 9.69. The highest BCUT2D eigenvalue weighted by molar-refractivity contribution is 5.89. The maximum absolute atomic E-state index is 12.3. The second-order valence-electron chi connectivity index (χ2n) is 6.38. The lowest BCUT2D eigenvalue weighted by Gasteiger charge is -2.25. The van der Waals surface area contributed by atoms with E-state index in [4.69, 9.17) is 4.42 Å². The van der Waals surface area contributed by atoms with Gasteiger partial charge in [0.05, 0.1) is 18.3 Å². The van der Waals surface area contributed by atoms with Gasteiger partial charge < -0.3 is 14.4 Å². The predicted octanol–water partition coefficient (Wildman–Crippen LogP) is 2.82. The van der Waals surface area contributed by atoms with Gasteiger partial charge in [0.25, 0.3) is 0 Å². The number of aryl methyl sites for hydroxylation is 2. The molecule has 4 heteroatoms. The van der Waals surface area contributed by atoms with E-state index in [1.807, 2.05) is 26.0 Å². The zero-order valence-electron chi connectivity index (χ0n) is 13.4. The van der Waals surface area contributed by atoms with Crippen molar-refractivity contribution in [2.24, 2.45) is 0 Å². The van der Waals surface area contributed by atoms with Crippen LogP contribution in [-0.4, -0.2) is 35.1 Å². The Morgan fingerprint density at radius 3 is 2.62 bits per heavy atom. The van der Waals surface area contributed by atoms with Crippen LogP contribution in [0.2, 0.25) is 0 Å². The highest BCUT2D eigenvalue weighted by Gasteiger charge is 2.21. The van der Waals surface area contributed by atoms with Crippen LogP contribution in [0, 0.1) is 13.8 Å². The van der Waals surface area contributed by atoms with E-state index >= 15 is 0 Å². The molecule has 114 valence electrons. The molecule has 2 rings (SSSR count). The first-order valence-electron chi connectivity index (χ1n) is 7.11. The largest absolute Gasteiger partial charge is 0.464 e. The van der Waals surface area contributed by atoms with Crippen molar-refractivity contribution in [1.29, 1.82) is 0 Å². The topological polar surface area (TPSA) is 53.7 Å². The molecule has 4 nitrogen and oxygen atoms in total. The van der Waals surface area contributed by atoms with Crippen LogP contribution < -0.4 is 0 Å². The van der Waals surface area contributed by atoms with Gasteiger partial charge in [0.2, 0.25) is 5.91 Å². The average molecular weight is 289 g/mol. The van der Waals surface area contributed by atoms with E-state index in [9.17, 15) is 9.90 Å². The molecule has 0 unspecified atom stereocenters. The maximum atomic E-state index is 12.3. The van der Waals surface area contributed by atoms with Crippen LogP contribution in [0.1, 0.15) is 30.5 Å². The second kappa shape index (κ2) is 5.53. The molecule has 0 fully saturated rings. The number of amides is 1. The summed E-state index contributed by atoms with van der Waals surface area (Å²) in [6, 6.07) is 4.04. The van der Waals surface area contributed by atoms with E-state index in [1.54, 1.807) is 32.1 Å². The van der Waals surface area contributed by atoms with E-state index in [0.29, 0.717) is 6.54 Å². The molecule has 0 aliphatic heterocycles. The Morgan fingerprint density at radius 1 is 1.33 bits per heavy atom. The quantitative estimate of drug-likeness (QED) is 0.941. The normalized spacial score (nSPS) is 11.9. The maximum Gasteiger partial charge on any atom is 0.226 e. The number of rotatable bonds is 4. The summed E-state index contributed by atoms with van der Waals surface area (Å²) in [5, 5.41) is 10.8. The van der Waals surface area contributed by atoms with Crippen LogP contribution in [0.4, 0.5) is 0 Å². The number of furan rings is 1. The molecule has 0 aliphatic carbocycles. The first kappa shape index (κ1) is 15.6. The number of nitrogens with zero attached hydrogens (tertiary/aromatic N) is 1. The summed E-state index contributed by atoms with van der Waals surface area (Å²) in [7, 11) is 1.71. The van der Waals surface area contributed by atoms with Gasteiger partial charge in [-0.25, -0.2) is 0 Å². The lowest BCUT2D eigenvalue weighted by atomic mass is 10.0. The molecule has 0 saturated carbocycles. The van der Waals surface area contributed by atoms with Gasteiger partial charge in [-0.3, -0.25) is 4.79 Å². The summed E-state index contributed by atoms with van der Waals surface area (Å²) in [5.41, 5.74) is 3.13. The molecule has 0 aliphatic rings. The van der Waals surface area contributed by atoms with Gasteiger partial charge in [-0.1, -0.05) is 12.1 Å². The minimum absolute atomic E-state index is 0.0296. The van der Waals surface area contributed by atoms with E-state index in [1.165, 1.54) is 5.56 Å². The molecule has 0 saturated heterocycles. The summed E-state index contributed by atoms with van der Waals surface area (Å²) in [6.07, 6.45) is 1.94. The fourth-order valence-corrected chi connectivity index (χ4v) is 2.49. The SMILES string of the molecule is Cc1ccc2c(CC(=O)N(C)CC(C)(C)O)coc2c1C. The molecule has 0 atom stereocenters. The van der Waals surface area contributed by atoms with E-state index in [-0.39, 0.29) is 12.3 Å². The van der Waals surface area contributed by atoms with Crippen LogP contribution in [0.5, 0.6) is 0 Å². The second-order valence-corrected chi connectivity index (χ2v) is 6.38. The van der Waals surface area contributed by atoms with E-state index < -0.39 is 5.60 Å². The molecule has 2 aromatic rings. The minimum Gasteiger partial charge on any atom is -0.464 e. The Labute approximate surface area is 125 Å². The molecule has 1 aromatic heterocycles. The third-order valence-electron chi connectivity index (χ3n) is 3.73. The van der Waals surface area contributed by atoms with E-state index in [2.05, 4.69) is 0 Å². The molecule has 1 amide bonds. The van der Waals surface area contributed by atoms with Crippen LogP contribution in [0.25, 0.3) is 11.0 Å². The molecule has 1 aromatic carbocycles. The van der Waals surface area contributed by atoms with Gasteiger partial charge in [-0.05, 0) is 38.8 Å². The summed E-state index contributed by atoms with van der Waals surface area (Å²) >= 11 is 0. The van der Waals surface area contributed by atoms with E-state index in [0.717, 1.165) is 22.1 Å². The molecule has 0 radical (unpaired) electrons. The van der Waals surface area contributed by atoms with Gasteiger partial charge in [-0.2, -0.15) is 0 Å². The molecular formula is C17H23NO3. The third kappa shape index (κ3) is 3.45. The number of carbonyl (C=O) groups excluding carboxylic acids is 1. The first-order valence-corrected chi connectivity index (χ1v) is 7.11. The number of aliphatic hydroxyl groups is 1.